The number of aliphatic hydroxyl groups is 2. The predicted octanol–water partition coefficient (Wildman–Crippen LogP) is 0.0968. The number of hydrogen-bond acceptors (Lipinski definition) is 6. The lowest BCUT2D eigenvalue weighted by Gasteiger charge is -2.47. The fourth-order valence-corrected chi connectivity index (χ4v) is 5.86. The van der Waals surface area contributed by atoms with Crippen molar-refractivity contribution in [1.82, 2.24) is 9.03 Å². The summed E-state index contributed by atoms with van der Waals surface area (Å²) in [6.45, 7) is 3.30. The monoisotopic (exact) mass is 408 g/mol. The molecule has 1 amide bonds. The van der Waals surface area contributed by atoms with Gasteiger partial charge in [-0.25, -0.2) is 9.11 Å². The Morgan fingerprint density at radius 1 is 1.33 bits per heavy atom. The lowest BCUT2D eigenvalue weighted by Crippen LogP contribution is -2.59. The Hall–Kier alpha value is -0.810. The van der Waals surface area contributed by atoms with E-state index < -0.39 is 52.5 Å². The molecule has 3 rings (SSSR count). The first kappa shape index (κ1) is 20.9. The number of nitrogens with one attached hydrogen (secondary N) is 1. The Bertz CT molecular complexity index is 667. The second kappa shape index (κ2) is 7.55. The summed E-state index contributed by atoms with van der Waals surface area (Å²) in [5.41, 5.74) is -0.830. The van der Waals surface area contributed by atoms with Crippen molar-refractivity contribution in [2.75, 3.05) is 13.2 Å². The fourth-order valence-electron chi connectivity index (χ4n) is 4.53. The van der Waals surface area contributed by atoms with Crippen LogP contribution in [0, 0.1) is 11.8 Å². The smallest absolute Gasteiger partial charge is 0.304 e. The van der Waals surface area contributed by atoms with Crippen LogP contribution in [0.1, 0.15) is 46.0 Å². The third-order valence-electron chi connectivity index (χ3n) is 5.92. The van der Waals surface area contributed by atoms with E-state index in [0.717, 1.165) is 10.7 Å². The molecule has 10 heteroatoms. The van der Waals surface area contributed by atoms with Crippen molar-refractivity contribution in [3.05, 3.63) is 0 Å². The number of halogens is 1. The van der Waals surface area contributed by atoms with Crippen LogP contribution in [0.2, 0.25) is 0 Å². The van der Waals surface area contributed by atoms with Crippen LogP contribution in [0.15, 0.2) is 0 Å². The Labute approximate surface area is 159 Å². The number of alkyl halides is 1. The zero-order chi connectivity index (χ0) is 20.0. The van der Waals surface area contributed by atoms with Gasteiger partial charge in [0, 0.05) is 6.61 Å². The summed E-state index contributed by atoms with van der Waals surface area (Å²) < 4.78 is 47.9. The zero-order valence-corrected chi connectivity index (χ0v) is 16.5. The van der Waals surface area contributed by atoms with Gasteiger partial charge in [0.05, 0.1) is 30.4 Å². The number of ether oxygens (including phenoxy) is 1. The Morgan fingerprint density at radius 3 is 2.63 bits per heavy atom. The van der Waals surface area contributed by atoms with Gasteiger partial charge in [-0.1, -0.05) is 0 Å². The number of fused-ring (bicyclic) bond motifs is 1. The van der Waals surface area contributed by atoms with Crippen molar-refractivity contribution in [3.8, 4) is 0 Å². The first-order chi connectivity index (χ1) is 12.5. The van der Waals surface area contributed by atoms with E-state index >= 15 is 4.39 Å². The van der Waals surface area contributed by atoms with Crippen LogP contribution >= 0.6 is 0 Å². The molecule has 0 aromatic rings. The van der Waals surface area contributed by atoms with Crippen LogP contribution in [-0.4, -0.2) is 72.0 Å². The molecule has 3 fully saturated rings. The van der Waals surface area contributed by atoms with Crippen molar-refractivity contribution in [2.24, 2.45) is 11.8 Å². The summed E-state index contributed by atoms with van der Waals surface area (Å²) in [7, 11) is -4.11. The lowest BCUT2D eigenvalue weighted by atomic mass is 9.66. The SMILES string of the molecule is CC(C)(O)CCOC1CCC2CC(O)C(N3CC(=O)NS3(=O)=O)C(F)C2C1. The summed E-state index contributed by atoms with van der Waals surface area (Å²) >= 11 is 0. The van der Waals surface area contributed by atoms with E-state index in [1.54, 1.807) is 13.8 Å². The molecule has 2 aliphatic carbocycles. The van der Waals surface area contributed by atoms with Crippen molar-refractivity contribution in [2.45, 2.75) is 76.0 Å². The van der Waals surface area contributed by atoms with Gasteiger partial charge in [-0.2, -0.15) is 12.7 Å². The molecule has 0 bridgehead atoms. The predicted molar refractivity (Wildman–Crippen MR) is 94.6 cm³/mol. The minimum absolute atomic E-state index is 0.0330. The summed E-state index contributed by atoms with van der Waals surface area (Å²) in [5, 5.41) is 20.2. The Kier molecular flexibility index (Phi) is 5.85. The minimum atomic E-state index is -4.11. The van der Waals surface area contributed by atoms with Crippen molar-refractivity contribution in [3.63, 3.8) is 0 Å². The normalized spacial score (nSPS) is 39.8. The largest absolute Gasteiger partial charge is 0.391 e. The molecule has 3 aliphatic rings. The molecule has 6 atom stereocenters. The third-order valence-corrected chi connectivity index (χ3v) is 7.40. The van der Waals surface area contributed by atoms with Crippen molar-refractivity contribution < 1.29 is 32.6 Å². The second-order valence-electron chi connectivity index (χ2n) is 8.61. The highest BCUT2D eigenvalue weighted by atomic mass is 32.2. The van der Waals surface area contributed by atoms with E-state index in [0.29, 0.717) is 32.3 Å². The lowest BCUT2D eigenvalue weighted by molar-refractivity contribution is -0.121. The average molecular weight is 408 g/mol. The van der Waals surface area contributed by atoms with Gasteiger partial charge in [0.25, 0.3) is 0 Å². The number of carbonyl (C=O) groups is 1. The molecular formula is C17H29FN2O6S. The van der Waals surface area contributed by atoms with Gasteiger partial charge in [-0.05, 0) is 57.8 Å². The van der Waals surface area contributed by atoms with Gasteiger partial charge in [0.15, 0.2) is 0 Å². The van der Waals surface area contributed by atoms with Gasteiger partial charge >= 0.3 is 10.2 Å². The highest BCUT2D eigenvalue weighted by molar-refractivity contribution is 7.88. The molecule has 156 valence electrons. The molecule has 0 aromatic carbocycles. The van der Waals surface area contributed by atoms with Crippen molar-refractivity contribution in [1.29, 1.82) is 0 Å². The molecule has 6 unspecified atom stereocenters. The minimum Gasteiger partial charge on any atom is -0.391 e. The van der Waals surface area contributed by atoms with Crippen LogP contribution < -0.4 is 4.72 Å². The maximum Gasteiger partial charge on any atom is 0.304 e. The summed E-state index contributed by atoms with van der Waals surface area (Å²) in [5.74, 6) is -1.17. The summed E-state index contributed by atoms with van der Waals surface area (Å²) in [6, 6.07) is -1.26. The number of hydrogen-bond donors (Lipinski definition) is 3. The molecule has 0 aromatic heterocycles. The molecule has 0 spiro atoms. The number of nitrogens with zero attached hydrogens (tertiary/aromatic N) is 1. The number of carbonyl (C=O) groups excluding carboxylic acids is 1. The van der Waals surface area contributed by atoms with Gasteiger partial charge < -0.3 is 14.9 Å². The molecule has 2 saturated carbocycles. The van der Waals surface area contributed by atoms with Crippen LogP contribution in [0.4, 0.5) is 4.39 Å². The molecule has 8 nitrogen and oxygen atoms in total. The molecule has 1 aliphatic heterocycles. The van der Waals surface area contributed by atoms with Crippen LogP contribution in [0.3, 0.4) is 0 Å². The van der Waals surface area contributed by atoms with Crippen molar-refractivity contribution >= 4 is 16.1 Å². The number of amides is 1. The Balaban J connectivity index is 1.67. The molecule has 1 heterocycles. The Morgan fingerprint density at radius 2 is 2.04 bits per heavy atom. The number of aliphatic hydroxyl groups excluding tert-OH is 1. The van der Waals surface area contributed by atoms with E-state index in [1.165, 1.54) is 0 Å². The van der Waals surface area contributed by atoms with Gasteiger partial charge in [0.2, 0.25) is 5.91 Å². The highest BCUT2D eigenvalue weighted by Gasteiger charge is 2.53. The van der Waals surface area contributed by atoms with E-state index in [2.05, 4.69) is 0 Å². The average Bonchev–Trinajstić information content (AvgIpc) is 2.79. The first-order valence-corrected chi connectivity index (χ1v) is 10.9. The molecule has 1 saturated heterocycles. The van der Waals surface area contributed by atoms with Crippen LogP contribution in [0.5, 0.6) is 0 Å². The highest BCUT2D eigenvalue weighted by Crippen LogP contribution is 2.45. The standard InChI is InChI=1S/C17H29FN2O6S/c1-17(2,23)5-6-26-11-4-3-10-7-13(21)16(15(18)12(10)8-11)20-9-14(22)19-27(20,24)25/h10-13,15-16,21,23H,3-9H2,1-2H3,(H,19,22). The molecule has 3 N–H and O–H groups in total. The van der Waals surface area contributed by atoms with Crippen LogP contribution in [-0.2, 0) is 19.7 Å². The summed E-state index contributed by atoms with van der Waals surface area (Å²) in [6.07, 6.45) is -0.193. The maximum atomic E-state index is 15.3. The zero-order valence-electron chi connectivity index (χ0n) is 15.7. The summed E-state index contributed by atoms with van der Waals surface area (Å²) in [4.78, 5) is 11.5. The molecular weight excluding hydrogens is 379 g/mol. The van der Waals surface area contributed by atoms with E-state index in [4.69, 9.17) is 4.74 Å². The first-order valence-electron chi connectivity index (χ1n) is 9.46. The van der Waals surface area contributed by atoms with Gasteiger partial charge in [0.1, 0.15) is 6.17 Å². The fraction of sp³-hybridized carbons (Fsp3) is 0.941. The van der Waals surface area contributed by atoms with E-state index in [-0.39, 0.29) is 12.0 Å². The topological polar surface area (TPSA) is 116 Å². The van der Waals surface area contributed by atoms with E-state index in [1.807, 2.05) is 4.72 Å². The molecule has 27 heavy (non-hydrogen) atoms. The quantitative estimate of drug-likeness (QED) is 0.594. The van der Waals surface area contributed by atoms with Gasteiger partial charge in [-0.3, -0.25) is 4.79 Å². The maximum absolute atomic E-state index is 15.3. The van der Waals surface area contributed by atoms with Crippen LogP contribution in [0.25, 0.3) is 0 Å². The van der Waals surface area contributed by atoms with Gasteiger partial charge in [-0.15, -0.1) is 0 Å². The van der Waals surface area contributed by atoms with E-state index in [9.17, 15) is 23.4 Å². The third kappa shape index (κ3) is 4.61. The molecule has 0 radical (unpaired) electrons. The number of rotatable bonds is 5. The second-order valence-corrected chi connectivity index (χ2v) is 10.2.